The Balaban J connectivity index is 0.000000413. The molecule has 0 aliphatic carbocycles. The van der Waals surface area contributed by atoms with Crippen LogP contribution in [0, 0.1) is 0 Å². The fraction of sp³-hybridized carbons (Fsp3) is 0.417. The number of aryl methyl sites for hydroxylation is 1. The molecule has 0 bridgehead atoms. The number of aromatic nitrogens is 5. The maximum absolute atomic E-state index is 10.6. The molecule has 1 atom stereocenters. The molecule has 1 unspecified atom stereocenters. The van der Waals surface area contributed by atoms with Gasteiger partial charge in [0, 0.05) is 44.3 Å². The highest BCUT2D eigenvalue weighted by molar-refractivity contribution is 5.73. The second kappa shape index (κ2) is 17.1. The van der Waals surface area contributed by atoms with Gasteiger partial charge in [0.15, 0.2) is 0 Å². The summed E-state index contributed by atoms with van der Waals surface area (Å²) in [5, 5.41) is 33.8. The summed E-state index contributed by atoms with van der Waals surface area (Å²) in [6, 6.07) is 5.94. The number of pyridine rings is 1. The molecule has 4 N–H and O–H groups in total. The van der Waals surface area contributed by atoms with Crippen molar-refractivity contribution in [1.29, 1.82) is 0 Å². The number of aliphatic carboxylic acids is 3. The van der Waals surface area contributed by atoms with Gasteiger partial charge in [0.05, 0.1) is 30.7 Å². The Morgan fingerprint density at radius 1 is 0.935 bits per heavy atom. The molecule has 0 fully saturated rings. The first-order valence-corrected chi connectivity index (χ1v) is 12.3. The van der Waals surface area contributed by atoms with E-state index in [4.69, 9.17) is 39.5 Å². The maximum Gasteiger partial charge on any atom is 0.490 e. The lowest BCUT2D eigenvalue weighted by atomic mass is 10.1. The molecule has 0 spiro atoms. The normalized spacial score (nSPS) is 14.3. The van der Waals surface area contributed by atoms with E-state index < -0.39 is 36.4 Å². The van der Waals surface area contributed by atoms with Crippen molar-refractivity contribution >= 4 is 17.9 Å². The summed E-state index contributed by atoms with van der Waals surface area (Å²) in [6.07, 6.45) is -6.52. The van der Waals surface area contributed by atoms with E-state index in [1.165, 1.54) is 11.1 Å². The zero-order chi connectivity index (χ0) is 35.3. The highest BCUT2D eigenvalue weighted by Gasteiger charge is 2.39. The van der Waals surface area contributed by atoms with Crippen LogP contribution < -0.4 is 5.32 Å². The minimum absolute atomic E-state index is 0.00889. The van der Waals surface area contributed by atoms with Gasteiger partial charge in [-0.1, -0.05) is 6.07 Å². The second-order valence-electron chi connectivity index (χ2n) is 8.73. The van der Waals surface area contributed by atoms with Gasteiger partial charge in [-0.05, 0) is 24.1 Å². The van der Waals surface area contributed by atoms with Crippen LogP contribution in [0.1, 0.15) is 28.6 Å². The number of carbonyl (C=O) groups is 3. The first-order valence-electron chi connectivity index (χ1n) is 12.3. The highest BCUT2D eigenvalue weighted by atomic mass is 19.4. The van der Waals surface area contributed by atoms with Gasteiger partial charge in [0.2, 0.25) is 0 Å². The fourth-order valence-corrected chi connectivity index (χ4v) is 3.14. The molecule has 0 aromatic carbocycles. The van der Waals surface area contributed by atoms with Crippen LogP contribution in [-0.4, -0.2) is 89.5 Å². The molecule has 4 heterocycles. The Morgan fingerprint density at radius 3 is 1.91 bits per heavy atom. The van der Waals surface area contributed by atoms with Crippen molar-refractivity contribution < 1.29 is 74.0 Å². The lowest BCUT2D eigenvalue weighted by Crippen LogP contribution is -2.27. The molecule has 0 saturated carbocycles. The van der Waals surface area contributed by atoms with E-state index in [0.29, 0.717) is 6.54 Å². The van der Waals surface area contributed by atoms with Crippen molar-refractivity contribution in [3.8, 4) is 0 Å². The molecule has 1 aliphatic rings. The monoisotopic (exact) mass is 680 g/mol. The first kappa shape index (κ1) is 39.3. The summed E-state index contributed by atoms with van der Waals surface area (Å²) in [6.45, 7) is 2.94. The van der Waals surface area contributed by atoms with Crippen LogP contribution >= 0.6 is 0 Å². The van der Waals surface area contributed by atoms with E-state index >= 15 is 0 Å². The highest BCUT2D eigenvalue weighted by Crippen LogP contribution is 2.25. The number of hydrogen-bond donors (Lipinski definition) is 4. The SMILES string of the molecule is Cn1cc(CNCC2OCCc3cn(Cc4ccccn4)nc32)cn1.O=C(O)C(F)(F)F.O=C(O)C(F)(F)F.O=C(O)C(F)(F)F. The summed E-state index contributed by atoms with van der Waals surface area (Å²) >= 11 is 0. The molecule has 46 heavy (non-hydrogen) atoms. The second-order valence-corrected chi connectivity index (χ2v) is 8.73. The molecule has 0 radical (unpaired) electrons. The summed E-state index contributed by atoms with van der Waals surface area (Å²) in [4.78, 5) is 31.1. The van der Waals surface area contributed by atoms with Crippen LogP contribution in [0.4, 0.5) is 39.5 Å². The van der Waals surface area contributed by atoms with Gasteiger partial charge in [0.25, 0.3) is 0 Å². The maximum atomic E-state index is 10.6. The Labute approximate surface area is 252 Å². The topological polar surface area (TPSA) is 182 Å². The molecule has 0 amide bonds. The van der Waals surface area contributed by atoms with E-state index in [2.05, 4.69) is 21.6 Å². The van der Waals surface area contributed by atoms with Crippen LogP contribution in [0.3, 0.4) is 0 Å². The molecule has 256 valence electrons. The Hall–Kier alpha value is -4.73. The molecule has 22 heteroatoms. The van der Waals surface area contributed by atoms with Gasteiger partial charge in [0.1, 0.15) is 6.10 Å². The number of carboxylic acid groups (broad SMARTS) is 3. The lowest BCUT2D eigenvalue weighted by molar-refractivity contribution is -0.193. The minimum Gasteiger partial charge on any atom is -0.475 e. The third-order valence-corrected chi connectivity index (χ3v) is 5.06. The van der Waals surface area contributed by atoms with Crippen molar-refractivity contribution in [2.45, 2.75) is 44.1 Å². The van der Waals surface area contributed by atoms with Crippen molar-refractivity contribution in [1.82, 2.24) is 29.9 Å². The van der Waals surface area contributed by atoms with Gasteiger partial charge in [-0.2, -0.15) is 49.7 Å². The number of ether oxygens (including phenoxy) is 1. The van der Waals surface area contributed by atoms with Crippen LogP contribution in [0.25, 0.3) is 0 Å². The number of nitrogens with zero attached hydrogens (tertiary/aromatic N) is 5. The van der Waals surface area contributed by atoms with Crippen LogP contribution in [0.5, 0.6) is 0 Å². The van der Waals surface area contributed by atoms with E-state index in [-0.39, 0.29) is 6.10 Å². The standard InChI is InChI=1S/C18H22N6O.3C2HF3O2/c1-23-11-14(9-21-23)8-19-10-17-18-15(5-7-25-17)12-24(22-18)13-16-4-2-3-6-20-16;3*3-2(4,5)1(6)7/h2-4,6,9,11-12,17,19H,5,7-8,10,13H2,1H3;3*(H,6,7). The van der Waals surface area contributed by atoms with Crippen molar-refractivity contribution in [3.05, 3.63) is 65.5 Å². The number of rotatable bonds is 6. The van der Waals surface area contributed by atoms with Crippen molar-refractivity contribution in [2.75, 3.05) is 13.2 Å². The van der Waals surface area contributed by atoms with Gasteiger partial charge >= 0.3 is 36.4 Å². The third-order valence-electron chi connectivity index (χ3n) is 5.06. The predicted octanol–water partition coefficient (Wildman–Crippen LogP) is 3.36. The van der Waals surface area contributed by atoms with Gasteiger partial charge in [-0.3, -0.25) is 14.3 Å². The van der Waals surface area contributed by atoms with Gasteiger partial charge in [-0.15, -0.1) is 0 Å². The Bertz CT molecular complexity index is 1350. The van der Waals surface area contributed by atoms with E-state index in [0.717, 1.165) is 37.5 Å². The van der Waals surface area contributed by atoms with E-state index in [1.54, 1.807) is 0 Å². The molecule has 1 aliphatic heterocycles. The fourth-order valence-electron chi connectivity index (χ4n) is 3.14. The quantitative estimate of drug-likeness (QED) is 0.280. The average molecular weight is 680 g/mol. The van der Waals surface area contributed by atoms with Crippen LogP contribution in [0.2, 0.25) is 0 Å². The number of carboxylic acids is 3. The zero-order valence-corrected chi connectivity index (χ0v) is 23.3. The molecule has 3 aromatic heterocycles. The molecular formula is C24H25F9N6O7. The Morgan fingerprint density at radius 2 is 1.48 bits per heavy atom. The summed E-state index contributed by atoms with van der Waals surface area (Å²) in [5.41, 5.74) is 4.49. The number of hydrogen-bond acceptors (Lipinski definition) is 8. The first-order chi connectivity index (χ1) is 21.1. The van der Waals surface area contributed by atoms with Crippen LogP contribution in [-0.2, 0) is 45.7 Å². The summed E-state index contributed by atoms with van der Waals surface area (Å²) in [7, 11) is 1.92. The predicted molar refractivity (Wildman–Crippen MR) is 134 cm³/mol. The molecular weight excluding hydrogens is 655 g/mol. The van der Waals surface area contributed by atoms with Gasteiger partial charge in [-0.25, -0.2) is 14.4 Å². The van der Waals surface area contributed by atoms with Crippen LogP contribution in [0.15, 0.2) is 43.0 Å². The van der Waals surface area contributed by atoms with Gasteiger partial charge < -0.3 is 25.4 Å². The van der Waals surface area contributed by atoms with E-state index in [1.807, 2.05) is 53.2 Å². The largest absolute Gasteiger partial charge is 0.490 e. The molecule has 0 saturated heterocycles. The number of halogens is 9. The smallest absolute Gasteiger partial charge is 0.475 e. The summed E-state index contributed by atoms with van der Waals surface area (Å²) < 4.78 is 105. The van der Waals surface area contributed by atoms with Crippen molar-refractivity contribution in [2.24, 2.45) is 7.05 Å². The van der Waals surface area contributed by atoms with Crippen molar-refractivity contribution in [3.63, 3.8) is 0 Å². The number of fused-ring (bicyclic) bond motifs is 1. The zero-order valence-electron chi connectivity index (χ0n) is 23.3. The minimum atomic E-state index is -5.08. The number of alkyl halides is 9. The molecule has 3 aromatic rings. The molecule has 13 nitrogen and oxygen atoms in total. The third kappa shape index (κ3) is 14.8. The number of nitrogens with one attached hydrogen (secondary N) is 1. The van der Waals surface area contributed by atoms with E-state index in [9.17, 15) is 39.5 Å². The Kier molecular flexibility index (Phi) is 14.6. The average Bonchev–Trinajstić information content (AvgIpc) is 3.54. The molecule has 4 rings (SSSR count). The lowest BCUT2D eigenvalue weighted by Gasteiger charge is -2.22. The summed E-state index contributed by atoms with van der Waals surface area (Å²) in [5.74, 6) is -8.27.